The molecule has 3 aromatic heterocycles. The molecule has 4 rings (SSSR count). The van der Waals surface area contributed by atoms with E-state index in [0.29, 0.717) is 6.42 Å². The van der Waals surface area contributed by atoms with E-state index in [1.807, 2.05) is 46.0 Å². The van der Waals surface area contributed by atoms with Crippen LogP contribution < -0.4 is 0 Å². The highest BCUT2D eigenvalue weighted by atomic mass is 32.1. The quantitative estimate of drug-likeness (QED) is 0.734. The molecule has 0 bridgehead atoms. The molecule has 24 heavy (non-hydrogen) atoms. The molecular weight excluding hydrogens is 320 g/mol. The van der Waals surface area contributed by atoms with Gasteiger partial charge in [-0.15, -0.1) is 11.3 Å². The molecule has 1 saturated heterocycles. The Balaban J connectivity index is 1.68. The molecule has 0 aliphatic carbocycles. The Morgan fingerprint density at radius 3 is 3.17 bits per heavy atom. The molecular formula is C18H20N4OS. The number of hydrogen-bond donors (Lipinski definition) is 0. The van der Waals surface area contributed by atoms with Crippen molar-refractivity contribution in [3.8, 4) is 0 Å². The fourth-order valence-electron chi connectivity index (χ4n) is 3.48. The number of nitrogens with zero attached hydrogens (tertiary/aromatic N) is 4. The van der Waals surface area contributed by atoms with Crippen LogP contribution in [0, 0.1) is 6.92 Å². The topological polar surface area (TPSA) is 50.5 Å². The Morgan fingerprint density at radius 1 is 1.42 bits per heavy atom. The number of imidazole rings is 1. The van der Waals surface area contributed by atoms with E-state index in [2.05, 4.69) is 4.98 Å². The number of hydrogen-bond acceptors (Lipinski definition) is 4. The van der Waals surface area contributed by atoms with E-state index in [1.54, 1.807) is 17.7 Å². The number of likely N-dealkylation sites (tertiary alicyclic amines) is 1. The van der Waals surface area contributed by atoms with Crippen LogP contribution in [0.2, 0.25) is 0 Å². The second-order valence-electron chi connectivity index (χ2n) is 6.30. The van der Waals surface area contributed by atoms with Gasteiger partial charge in [0, 0.05) is 17.1 Å². The van der Waals surface area contributed by atoms with Gasteiger partial charge in [-0.25, -0.2) is 9.97 Å². The molecule has 1 fully saturated rings. The zero-order chi connectivity index (χ0) is 16.5. The molecule has 3 aromatic rings. The van der Waals surface area contributed by atoms with Crippen LogP contribution in [0.4, 0.5) is 0 Å². The first-order valence-corrected chi connectivity index (χ1v) is 9.22. The summed E-state index contributed by atoms with van der Waals surface area (Å²) in [6.07, 6.45) is 7.27. The van der Waals surface area contributed by atoms with Crippen LogP contribution in [-0.2, 0) is 11.2 Å². The second kappa shape index (κ2) is 6.36. The molecule has 1 atom stereocenters. The van der Waals surface area contributed by atoms with E-state index in [4.69, 9.17) is 4.98 Å². The molecule has 0 unspecified atom stereocenters. The summed E-state index contributed by atoms with van der Waals surface area (Å²) in [4.78, 5) is 25.0. The number of carbonyl (C=O) groups excluding carboxylic acids is 1. The first kappa shape index (κ1) is 15.3. The molecule has 1 aliphatic heterocycles. The van der Waals surface area contributed by atoms with Crippen LogP contribution in [0.15, 0.2) is 36.1 Å². The highest BCUT2D eigenvalue weighted by Crippen LogP contribution is 2.31. The summed E-state index contributed by atoms with van der Waals surface area (Å²) in [5.41, 5.74) is 2.00. The summed E-state index contributed by atoms with van der Waals surface area (Å²) in [7, 11) is 0. The van der Waals surface area contributed by atoms with Crippen LogP contribution in [0.3, 0.4) is 0 Å². The number of piperidine rings is 1. The Morgan fingerprint density at radius 2 is 2.33 bits per heavy atom. The van der Waals surface area contributed by atoms with Crippen molar-refractivity contribution in [3.63, 3.8) is 0 Å². The molecule has 0 spiro atoms. The first-order valence-electron chi connectivity index (χ1n) is 8.34. The van der Waals surface area contributed by atoms with E-state index >= 15 is 0 Å². The molecule has 0 aromatic carbocycles. The maximum Gasteiger partial charge on any atom is 0.228 e. The van der Waals surface area contributed by atoms with Gasteiger partial charge in [-0.1, -0.05) is 6.07 Å². The smallest absolute Gasteiger partial charge is 0.228 e. The van der Waals surface area contributed by atoms with Crippen molar-refractivity contribution in [1.82, 2.24) is 19.3 Å². The Hall–Kier alpha value is -2.21. The minimum Gasteiger partial charge on any atom is -0.332 e. The van der Waals surface area contributed by atoms with Crippen molar-refractivity contribution in [2.45, 2.75) is 38.6 Å². The third-order valence-electron chi connectivity index (χ3n) is 4.59. The number of aryl methyl sites for hydroxylation is 1. The predicted molar refractivity (Wildman–Crippen MR) is 94.1 cm³/mol. The fourth-order valence-corrected chi connectivity index (χ4v) is 4.18. The lowest BCUT2D eigenvalue weighted by molar-refractivity contribution is -0.134. The summed E-state index contributed by atoms with van der Waals surface area (Å²) in [6.45, 7) is 2.80. The van der Waals surface area contributed by atoms with Gasteiger partial charge in [-0.2, -0.15) is 0 Å². The number of thiophene rings is 1. The standard InChI is InChI=1S/C18H20N4OS/c1-13-9-14-11-19-12-22(14)18(20-13)16-6-2-3-7-21(16)17(23)10-15-5-4-8-24-15/h4-5,8-9,11-12,16H,2-3,6-7,10H2,1H3/t16-/m0/s1. The Kier molecular flexibility index (Phi) is 4.06. The molecule has 1 aliphatic rings. The molecule has 4 heterocycles. The van der Waals surface area contributed by atoms with Gasteiger partial charge in [0.05, 0.1) is 24.2 Å². The van der Waals surface area contributed by atoms with Crippen LogP contribution in [0.25, 0.3) is 5.52 Å². The highest BCUT2D eigenvalue weighted by molar-refractivity contribution is 7.10. The SMILES string of the molecule is Cc1cc2cncn2c([C@@H]2CCCCN2C(=O)Cc2cccs2)n1. The fraction of sp³-hybridized carbons (Fsp3) is 0.389. The van der Waals surface area contributed by atoms with Crippen molar-refractivity contribution < 1.29 is 4.79 Å². The molecule has 124 valence electrons. The van der Waals surface area contributed by atoms with E-state index in [0.717, 1.165) is 47.7 Å². The maximum atomic E-state index is 12.9. The summed E-state index contributed by atoms with van der Waals surface area (Å²) in [5, 5.41) is 2.02. The summed E-state index contributed by atoms with van der Waals surface area (Å²) in [5.74, 6) is 1.13. The van der Waals surface area contributed by atoms with Gasteiger partial charge in [-0.05, 0) is 43.7 Å². The van der Waals surface area contributed by atoms with Gasteiger partial charge in [0.2, 0.25) is 5.91 Å². The maximum absolute atomic E-state index is 12.9. The zero-order valence-corrected chi connectivity index (χ0v) is 14.5. The van der Waals surface area contributed by atoms with Crippen LogP contribution >= 0.6 is 11.3 Å². The summed E-state index contributed by atoms with van der Waals surface area (Å²) in [6, 6.07) is 6.08. The summed E-state index contributed by atoms with van der Waals surface area (Å²) >= 11 is 1.64. The third kappa shape index (κ3) is 2.82. The first-order chi connectivity index (χ1) is 11.7. The average molecular weight is 340 g/mol. The predicted octanol–water partition coefficient (Wildman–Crippen LogP) is 3.40. The lowest BCUT2D eigenvalue weighted by Crippen LogP contribution is -2.40. The van der Waals surface area contributed by atoms with Crippen molar-refractivity contribution in [1.29, 1.82) is 0 Å². The normalized spacial score (nSPS) is 18.2. The van der Waals surface area contributed by atoms with Gasteiger partial charge < -0.3 is 4.90 Å². The molecule has 0 saturated carbocycles. The Bertz CT molecular complexity index is 855. The van der Waals surface area contributed by atoms with E-state index < -0.39 is 0 Å². The monoisotopic (exact) mass is 340 g/mol. The second-order valence-corrected chi connectivity index (χ2v) is 7.33. The Labute approximate surface area is 145 Å². The van der Waals surface area contributed by atoms with E-state index in [9.17, 15) is 4.79 Å². The van der Waals surface area contributed by atoms with E-state index in [1.165, 1.54) is 0 Å². The van der Waals surface area contributed by atoms with Gasteiger partial charge in [0.1, 0.15) is 12.2 Å². The highest BCUT2D eigenvalue weighted by Gasteiger charge is 2.30. The van der Waals surface area contributed by atoms with Gasteiger partial charge in [0.25, 0.3) is 0 Å². The molecule has 5 nitrogen and oxygen atoms in total. The third-order valence-corrected chi connectivity index (χ3v) is 5.46. The molecule has 0 N–H and O–H groups in total. The van der Waals surface area contributed by atoms with Crippen molar-refractivity contribution >= 4 is 22.8 Å². The molecule has 6 heteroatoms. The van der Waals surface area contributed by atoms with Crippen molar-refractivity contribution in [2.24, 2.45) is 0 Å². The van der Waals surface area contributed by atoms with E-state index in [-0.39, 0.29) is 11.9 Å². The number of carbonyl (C=O) groups is 1. The van der Waals surface area contributed by atoms with Gasteiger partial charge in [-0.3, -0.25) is 9.20 Å². The zero-order valence-electron chi connectivity index (χ0n) is 13.7. The average Bonchev–Trinajstić information content (AvgIpc) is 3.25. The largest absolute Gasteiger partial charge is 0.332 e. The van der Waals surface area contributed by atoms with Crippen LogP contribution in [-0.4, -0.2) is 31.7 Å². The minimum absolute atomic E-state index is 0.0304. The van der Waals surface area contributed by atoms with Crippen LogP contribution in [0.1, 0.15) is 41.7 Å². The lowest BCUT2D eigenvalue weighted by atomic mass is 10.0. The van der Waals surface area contributed by atoms with Gasteiger partial charge in [0.15, 0.2) is 0 Å². The van der Waals surface area contributed by atoms with Crippen molar-refractivity contribution in [2.75, 3.05) is 6.54 Å². The lowest BCUT2D eigenvalue weighted by Gasteiger charge is -2.35. The van der Waals surface area contributed by atoms with Crippen LogP contribution in [0.5, 0.6) is 0 Å². The number of amides is 1. The summed E-state index contributed by atoms with van der Waals surface area (Å²) < 4.78 is 2.02. The van der Waals surface area contributed by atoms with Gasteiger partial charge >= 0.3 is 0 Å². The van der Waals surface area contributed by atoms with Crippen molar-refractivity contribution in [3.05, 3.63) is 52.5 Å². The molecule has 1 amide bonds. The number of fused-ring (bicyclic) bond motifs is 1. The minimum atomic E-state index is 0.0304. The number of rotatable bonds is 3. The molecule has 0 radical (unpaired) electrons. The number of aromatic nitrogens is 3.